The van der Waals surface area contributed by atoms with Crippen LogP contribution in [-0.4, -0.2) is 12.6 Å². The molecule has 0 aliphatic carbocycles. The topological polar surface area (TPSA) is 38.0 Å². The number of nitrogens with two attached hydrogens (primary N) is 1. The van der Waals surface area contributed by atoms with Crippen molar-refractivity contribution >= 4 is 6.08 Å². The van der Waals surface area contributed by atoms with Crippen LogP contribution in [0.15, 0.2) is 36.5 Å². The average Bonchev–Trinajstić information content (AvgIpc) is 2.19. The van der Waals surface area contributed by atoms with E-state index in [2.05, 4.69) is 24.4 Å². The molecule has 0 saturated carbocycles. The third-order valence-corrected chi connectivity index (χ3v) is 1.81. The second-order valence-electron chi connectivity index (χ2n) is 3.05. The molecular formula is C11H16N2. The number of rotatable bonds is 4. The van der Waals surface area contributed by atoms with E-state index in [0.29, 0.717) is 12.6 Å². The molecule has 0 amide bonds. The molecule has 1 atom stereocenters. The maximum absolute atomic E-state index is 5.46. The van der Waals surface area contributed by atoms with Crippen LogP contribution in [0.1, 0.15) is 12.5 Å². The minimum absolute atomic E-state index is 0.333. The Labute approximate surface area is 79.5 Å². The summed E-state index contributed by atoms with van der Waals surface area (Å²) in [5.74, 6) is 0. The first-order valence-corrected chi connectivity index (χ1v) is 4.50. The van der Waals surface area contributed by atoms with Crippen molar-refractivity contribution in [1.29, 1.82) is 0 Å². The van der Waals surface area contributed by atoms with Crippen LogP contribution >= 0.6 is 0 Å². The van der Waals surface area contributed by atoms with Gasteiger partial charge in [-0.15, -0.1) is 0 Å². The fourth-order valence-corrected chi connectivity index (χ4v) is 0.941. The zero-order valence-corrected chi connectivity index (χ0v) is 7.90. The zero-order valence-electron chi connectivity index (χ0n) is 7.90. The van der Waals surface area contributed by atoms with Gasteiger partial charge >= 0.3 is 0 Å². The minimum Gasteiger partial charge on any atom is -0.387 e. The van der Waals surface area contributed by atoms with Crippen LogP contribution in [-0.2, 0) is 0 Å². The Hall–Kier alpha value is -1.28. The molecule has 1 aromatic carbocycles. The molecule has 13 heavy (non-hydrogen) atoms. The maximum atomic E-state index is 5.46. The molecule has 0 aromatic heterocycles. The predicted molar refractivity (Wildman–Crippen MR) is 57.1 cm³/mol. The molecule has 1 unspecified atom stereocenters. The van der Waals surface area contributed by atoms with Crippen molar-refractivity contribution < 1.29 is 0 Å². The molecule has 0 radical (unpaired) electrons. The lowest BCUT2D eigenvalue weighted by Crippen LogP contribution is -2.28. The van der Waals surface area contributed by atoms with Gasteiger partial charge in [-0.05, 0) is 24.8 Å². The lowest BCUT2D eigenvalue weighted by molar-refractivity contribution is 0.651. The zero-order chi connectivity index (χ0) is 9.52. The van der Waals surface area contributed by atoms with Gasteiger partial charge in [-0.2, -0.15) is 0 Å². The van der Waals surface area contributed by atoms with Crippen LogP contribution in [0.3, 0.4) is 0 Å². The van der Waals surface area contributed by atoms with E-state index in [9.17, 15) is 0 Å². The van der Waals surface area contributed by atoms with Gasteiger partial charge in [0.25, 0.3) is 0 Å². The predicted octanol–water partition coefficient (Wildman–Crippen LogP) is 1.59. The van der Waals surface area contributed by atoms with Crippen molar-refractivity contribution in [2.45, 2.75) is 13.0 Å². The number of hydrogen-bond acceptors (Lipinski definition) is 2. The van der Waals surface area contributed by atoms with Gasteiger partial charge in [0.05, 0.1) is 0 Å². The molecule has 3 N–H and O–H groups in total. The highest BCUT2D eigenvalue weighted by Crippen LogP contribution is 1.99. The van der Waals surface area contributed by atoms with E-state index in [0.717, 1.165) is 0 Å². The first-order valence-electron chi connectivity index (χ1n) is 4.50. The Morgan fingerprint density at radius 1 is 1.38 bits per heavy atom. The van der Waals surface area contributed by atoms with Crippen LogP contribution in [0, 0.1) is 0 Å². The van der Waals surface area contributed by atoms with E-state index in [1.54, 1.807) is 0 Å². The molecule has 0 aliphatic rings. The Kier molecular flexibility index (Phi) is 4.06. The van der Waals surface area contributed by atoms with Crippen molar-refractivity contribution in [2.24, 2.45) is 5.73 Å². The van der Waals surface area contributed by atoms with E-state index >= 15 is 0 Å². The van der Waals surface area contributed by atoms with Crippen molar-refractivity contribution in [3.05, 3.63) is 42.1 Å². The Morgan fingerprint density at radius 3 is 2.69 bits per heavy atom. The smallest absolute Gasteiger partial charge is 0.0350 e. The SMILES string of the molecule is CC(CN)NC=Cc1ccccc1. The highest BCUT2D eigenvalue weighted by Gasteiger charge is 1.90. The van der Waals surface area contributed by atoms with Gasteiger partial charge in [0.15, 0.2) is 0 Å². The monoisotopic (exact) mass is 176 g/mol. The largest absolute Gasteiger partial charge is 0.387 e. The van der Waals surface area contributed by atoms with Gasteiger partial charge in [-0.1, -0.05) is 30.3 Å². The molecule has 0 heterocycles. The number of benzene rings is 1. The van der Waals surface area contributed by atoms with Gasteiger partial charge in [0.2, 0.25) is 0 Å². The summed E-state index contributed by atoms with van der Waals surface area (Å²) in [6, 6.07) is 10.5. The third kappa shape index (κ3) is 3.76. The fourth-order valence-electron chi connectivity index (χ4n) is 0.941. The highest BCUT2D eigenvalue weighted by atomic mass is 14.9. The summed E-state index contributed by atoms with van der Waals surface area (Å²) in [4.78, 5) is 0. The van der Waals surface area contributed by atoms with Crippen LogP contribution in [0.4, 0.5) is 0 Å². The van der Waals surface area contributed by atoms with Gasteiger partial charge in [0, 0.05) is 12.6 Å². The van der Waals surface area contributed by atoms with E-state index < -0.39 is 0 Å². The van der Waals surface area contributed by atoms with Crippen molar-refractivity contribution in [2.75, 3.05) is 6.54 Å². The molecule has 1 rings (SSSR count). The van der Waals surface area contributed by atoms with Crippen LogP contribution < -0.4 is 11.1 Å². The Morgan fingerprint density at radius 2 is 2.08 bits per heavy atom. The van der Waals surface area contributed by atoms with Gasteiger partial charge < -0.3 is 11.1 Å². The molecular weight excluding hydrogens is 160 g/mol. The average molecular weight is 176 g/mol. The second kappa shape index (κ2) is 5.38. The first-order chi connectivity index (χ1) is 6.33. The summed E-state index contributed by atoms with van der Waals surface area (Å²) in [5, 5.41) is 3.18. The van der Waals surface area contributed by atoms with E-state index in [4.69, 9.17) is 5.73 Å². The highest BCUT2D eigenvalue weighted by molar-refractivity contribution is 5.48. The van der Waals surface area contributed by atoms with Crippen molar-refractivity contribution in [3.8, 4) is 0 Å². The minimum atomic E-state index is 0.333. The standard InChI is InChI=1S/C11H16N2/c1-10(9-12)13-8-7-11-5-3-2-4-6-11/h2-8,10,13H,9,12H2,1H3. The lowest BCUT2D eigenvalue weighted by atomic mass is 10.2. The number of hydrogen-bond donors (Lipinski definition) is 2. The molecule has 0 saturated heterocycles. The molecule has 2 heteroatoms. The number of nitrogens with one attached hydrogen (secondary N) is 1. The maximum Gasteiger partial charge on any atom is 0.0350 e. The van der Waals surface area contributed by atoms with Crippen LogP contribution in [0.5, 0.6) is 0 Å². The molecule has 0 fully saturated rings. The van der Waals surface area contributed by atoms with Crippen LogP contribution in [0.2, 0.25) is 0 Å². The fraction of sp³-hybridized carbons (Fsp3) is 0.273. The molecule has 0 bridgehead atoms. The van der Waals surface area contributed by atoms with Gasteiger partial charge in [-0.3, -0.25) is 0 Å². The molecule has 0 aliphatic heterocycles. The summed E-state index contributed by atoms with van der Waals surface area (Å²) in [6.45, 7) is 2.70. The van der Waals surface area contributed by atoms with Gasteiger partial charge in [0.1, 0.15) is 0 Å². The van der Waals surface area contributed by atoms with Crippen LogP contribution in [0.25, 0.3) is 6.08 Å². The van der Waals surface area contributed by atoms with Crippen molar-refractivity contribution in [1.82, 2.24) is 5.32 Å². The quantitative estimate of drug-likeness (QED) is 0.731. The molecule has 0 spiro atoms. The van der Waals surface area contributed by atoms with Gasteiger partial charge in [-0.25, -0.2) is 0 Å². The molecule has 2 nitrogen and oxygen atoms in total. The summed E-state index contributed by atoms with van der Waals surface area (Å²) in [5.41, 5.74) is 6.65. The first kappa shape index (κ1) is 9.81. The Bertz CT molecular complexity index is 254. The van der Waals surface area contributed by atoms with E-state index in [1.165, 1.54) is 5.56 Å². The summed E-state index contributed by atoms with van der Waals surface area (Å²) in [6.07, 6.45) is 3.97. The summed E-state index contributed by atoms with van der Waals surface area (Å²) in [7, 11) is 0. The third-order valence-electron chi connectivity index (χ3n) is 1.81. The summed E-state index contributed by atoms with van der Waals surface area (Å²) < 4.78 is 0. The lowest BCUT2D eigenvalue weighted by Gasteiger charge is -2.06. The van der Waals surface area contributed by atoms with E-state index in [-0.39, 0.29) is 0 Å². The van der Waals surface area contributed by atoms with E-state index in [1.807, 2.05) is 30.5 Å². The van der Waals surface area contributed by atoms with Crippen molar-refractivity contribution in [3.63, 3.8) is 0 Å². The Balaban J connectivity index is 2.41. The molecule has 70 valence electrons. The second-order valence-corrected chi connectivity index (χ2v) is 3.05. The molecule has 1 aromatic rings. The normalized spacial score (nSPS) is 13.1. The summed E-state index contributed by atoms with van der Waals surface area (Å²) >= 11 is 0.